The van der Waals surface area contributed by atoms with Crippen LogP contribution in [0, 0.1) is 17.1 Å². The molecule has 1 amide bonds. The van der Waals surface area contributed by atoms with Crippen molar-refractivity contribution in [2.75, 3.05) is 0 Å². The average molecular weight is 340 g/mol. The molecule has 0 unspecified atom stereocenters. The Morgan fingerprint density at radius 1 is 1.32 bits per heavy atom. The zero-order valence-electron chi connectivity index (χ0n) is 13.8. The van der Waals surface area contributed by atoms with Gasteiger partial charge in [-0.25, -0.2) is 4.39 Å². The summed E-state index contributed by atoms with van der Waals surface area (Å²) in [6.45, 7) is 3.31. The van der Waals surface area contributed by atoms with Gasteiger partial charge in [0.2, 0.25) is 0 Å². The molecule has 0 radical (unpaired) electrons. The van der Waals surface area contributed by atoms with E-state index >= 15 is 0 Å². The quantitative estimate of drug-likeness (QED) is 0.823. The Morgan fingerprint density at radius 3 is 2.76 bits per heavy atom. The number of rotatable bonds is 2. The van der Waals surface area contributed by atoms with E-state index in [1.807, 2.05) is 6.07 Å². The number of carbonyl (C=O) groups is 1. The number of carbonyl (C=O) groups excluding carboxylic acids is 1. The van der Waals surface area contributed by atoms with Gasteiger partial charge in [0.15, 0.2) is 11.3 Å². The SMILES string of the molecule is CC1(C)Oc2ccc(C#N)cc2C[C@]1(O)NC(=O)c1cccc(F)c1. The Morgan fingerprint density at radius 2 is 2.08 bits per heavy atom. The second kappa shape index (κ2) is 5.87. The van der Waals surface area contributed by atoms with Crippen LogP contribution in [0.2, 0.25) is 0 Å². The van der Waals surface area contributed by atoms with Crippen LogP contribution in [0.5, 0.6) is 5.75 Å². The summed E-state index contributed by atoms with van der Waals surface area (Å²) in [6.07, 6.45) is 0.0614. The van der Waals surface area contributed by atoms with Gasteiger partial charge in [-0.3, -0.25) is 4.79 Å². The van der Waals surface area contributed by atoms with Crippen LogP contribution in [-0.4, -0.2) is 22.3 Å². The third-order valence-corrected chi connectivity index (χ3v) is 4.40. The first-order valence-electron chi connectivity index (χ1n) is 7.77. The number of nitrogens with zero attached hydrogens (tertiary/aromatic N) is 1. The van der Waals surface area contributed by atoms with E-state index < -0.39 is 23.1 Å². The Labute approximate surface area is 144 Å². The number of nitriles is 1. The predicted octanol–water partition coefficient (Wildman–Crippen LogP) is 2.53. The molecule has 1 aliphatic rings. The van der Waals surface area contributed by atoms with Gasteiger partial charge in [-0.15, -0.1) is 0 Å². The molecule has 1 aliphatic heterocycles. The molecule has 2 aromatic rings. The predicted molar refractivity (Wildman–Crippen MR) is 88.4 cm³/mol. The number of nitrogens with one attached hydrogen (secondary N) is 1. The molecule has 0 aliphatic carbocycles. The third kappa shape index (κ3) is 3.06. The Hall–Kier alpha value is -2.91. The van der Waals surface area contributed by atoms with E-state index in [0.717, 1.165) is 6.07 Å². The summed E-state index contributed by atoms with van der Waals surface area (Å²) in [6, 6.07) is 12.2. The van der Waals surface area contributed by atoms with E-state index in [-0.39, 0.29) is 12.0 Å². The van der Waals surface area contributed by atoms with E-state index in [2.05, 4.69) is 5.32 Å². The molecule has 1 heterocycles. The third-order valence-electron chi connectivity index (χ3n) is 4.40. The van der Waals surface area contributed by atoms with Crippen molar-refractivity contribution in [3.63, 3.8) is 0 Å². The van der Waals surface area contributed by atoms with Crippen molar-refractivity contribution in [2.24, 2.45) is 0 Å². The van der Waals surface area contributed by atoms with Crippen molar-refractivity contribution in [1.29, 1.82) is 5.26 Å². The summed E-state index contributed by atoms with van der Waals surface area (Å²) < 4.78 is 19.2. The van der Waals surface area contributed by atoms with Gasteiger partial charge in [0.1, 0.15) is 11.6 Å². The number of hydrogen-bond donors (Lipinski definition) is 2. The fourth-order valence-corrected chi connectivity index (χ4v) is 2.82. The first-order chi connectivity index (χ1) is 11.7. The normalized spacial score (nSPS) is 20.8. The number of hydrogen-bond acceptors (Lipinski definition) is 4. The van der Waals surface area contributed by atoms with E-state index in [1.54, 1.807) is 32.0 Å². The Kier molecular flexibility index (Phi) is 3.97. The molecule has 0 spiro atoms. The molecule has 0 fully saturated rings. The highest BCUT2D eigenvalue weighted by Gasteiger charge is 2.50. The lowest BCUT2D eigenvalue weighted by molar-refractivity contribution is -0.140. The molecule has 0 bridgehead atoms. The second-order valence-electron chi connectivity index (χ2n) is 6.55. The van der Waals surface area contributed by atoms with Crippen LogP contribution in [0.4, 0.5) is 4.39 Å². The summed E-state index contributed by atoms with van der Waals surface area (Å²) in [5.74, 6) is -0.602. The summed E-state index contributed by atoms with van der Waals surface area (Å²) in [4.78, 5) is 12.4. The topological polar surface area (TPSA) is 82.3 Å². The largest absolute Gasteiger partial charge is 0.483 e. The molecular weight excluding hydrogens is 323 g/mol. The zero-order chi connectivity index (χ0) is 18.2. The van der Waals surface area contributed by atoms with Gasteiger partial charge in [0.05, 0.1) is 11.6 Å². The monoisotopic (exact) mass is 340 g/mol. The van der Waals surface area contributed by atoms with Gasteiger partial charge in [0.25, 0.3) is 5.91 Å². The second-order valence-corrected chi connectivity index (χ2v) is 6.55. The van der Waals surface area contributed by atoms with Crippen molar-refractivity contribution >= 4 is 5.91 Å². The summed E-state index contributed by atoms with van der Waals surface area (Å²) in [5, 5.41) is 22.7. The van der Waals surface area contributed by atoms with Gasteiger partial charge < -0.3 is 15.2 Å². The van der Waals surface area contributed by atoms with Crippen LogP contribution in [0.15, 0.2) is 42.5 Å². The van der Waals surface area contributed by atoms with Gasteiger partial charge in [-0.2, -0.15) is 5.26 Å². The Bertz CT molecular complexity index is 888. The molecule has 0 aromatic heterocycles. The van der Waals surface area contributed by atoms with Crippen molar-refractivity contribution in [1.82, 2.24) is 5.32 Å². The fraction of sp³-hybridized carbons (Fsp3) is 0.263. The fourth-order valence-electron chi connectivity index (χ4n) is 2.82. The first kappa shape index (κ1) is 16.9. The molecule has 2 aromatic carbocycles. The number of fused-ring (bicyclic) bond motifs is 1. The van der Waals surface area contributed by atoms with Crippen molar-refractivity contribution < 1.29 is 19.0 Å². The van der Waals surface area contributed by atoms with Crippen LogP contribution >= 0.6 is 0 Å². The van der Waals surface area contributed by atoms with Crippen LogP contribution in [0.1, 0.15) is 35.3 Å². The van der Waals surface area contributed by atoms with Gasteiger partial charge >= 0.3 is 0 Å². The first-order valence-corrected chi connectivity index (χ1v) is 7.77. The number of aliphatic hydroxyl groups is 1. The van der Waals surface area contributed by atoms with Crippen molar-refractivity contribution in [3.8, 4) is 11.8 Å². The standard InChI is InChI=1S/C19H17FN2O3/c1-18(2)19(24,22-17(23)13-4-3-5-15(20)9-13)10-14-8-12(11-21)6-7-16(14)25-18/h3-9,24H,10H2,1-2H3,(H,22,23)/t19-/m1/s1. The smallest absolute Gasteiger partial charge is 0.253 e. The van der Waals surface area contributed by atoms with Crippen LogP contribution < -0.4 is 10.1 Å². The lowest BCUT2D eigenvalue weighted by Crippen LogP contribution is -2.67. The molecule has 3 rings (SSSR count). The molecule has 5 nitrogen and oxygen atoms in total. The number of benzene rings is 2. The van der Waals surface area contributed by atoms with Crippen LogP contribution in [0.3, 0.4) is 0 Å². The van der Waals surface area contributed by atoms with E-state index in [1.165, 1.54) is 18.2 Å². The number of halogens is 1. The molecule has 0 saturated carbocycles. The highest BCUT2D eigenvalue weighted by Crippen LogP contribution is 2.38. The van der Waals surface area contributed by atoms with Gasteiger partial charge in [0, 0.05) is 17.5 Å². The molecule has 6 heteroatoms. The lowest BCUT2D eigenvalue weighted by Gasteiger charge is -2.46. The minimum absolute atomic E-state index is 0.0614. The van der Waals surface area contributed by atoms with E-state index in [4.69, 9.17) is 10.00 Å². The van der Waals surface area contributed by atoms with Crippen LogP contribution in [-0.2, 0) is 6.42 Å². The highest BCUT2D eigenvalue weighted by molar-refractivity contribution is 5.94. The molecule has 25 heavy (non-hydrogen) atoms. The maximum atomic E-state index is 13.3. The number of ether oxygens (including phenoxy) is 1. The molecule has 2 N–H and O–H groups in total. The highest BCUT2D eigenvalue weighted by atomic mass is 19.1. The molecule has 1 atom stereocenters. The maximum absolute atomic E-state index is 13.3. The summed E-state index contributed by atoms with van der Waals surface area (Å²) in [7, 11) is 0. The maximum Gasteiger partial charge on any atom is 0.253 e. The average Bonchev–Trinajstić information content (AvgIpc) is 2.55. The minimum atomic E-state index is -1.72. The lowest BCUT2D eigenvalue weighted by atomic mass is 9.84. The van der Waals surface area contributed by atoms with Crippen molar-refractivity contribution in [3.05, 3.63) is 65.0 Å². The van der Waals surface area contributed by atoms with Gasteiger partial charge in [-0.1, -0.05) is 6.07 Å². The van der Waals surface area contributed by atoms with Crippen molar-refractivity contribution in [2.45, 2.75) is 31.6 Å². The van der Waals surface area contributed by atoms with Gasteiger partial charge in [-0.05, 0) is 50.2 Å². The molecule has 0 saturated heterocycles. The minimum Gasteiger partial charge on any atom is -0.483 e. The van der Waals surface area contributed by atoms with E-state index in [0.29, 0.717) is 16.9 Å². The van der Waals surface area contributed by atoms with Crippen LogP contribution in [0.25, 0.3) is 0 Å². The van der Waals surface area contributed by atoms with E-state index in [9.17, 15) is 14.3 Å². The summed E-state index contributed by atoms with van der Waals surface area (Å²) >= 11 is 0. The zero-order valence-corrected chi connectivity index (χ0v) is 13.8. The number of amides is 1. The Balaban J connectivity index is 1.93. The summed E-state index contributed by atoms with van der Waals surface area (Å²) in [5.41, 5.74) is -1.71. The molecular formula is C19H17FN2O3. The molecule has 128 valence electrons.